The lowest BCUT2D eigenvalue weighted by Gasteiger charge is -2.27. The fraction of sp³-hybridized carbons (Fsp3) is 0.923. The van der Waals surface area contributed by atoms with Gasteiger partial charge in [-0.25, -0.2) is 0 Å². The van der Waals surface area contributed by atoms with Crippen molar-refractivity contribution in [3.05, 3.63) is 0 Å². The number of amides is 1. The van der Waals surface area contributed by atoms with Crippen molar-refractivity contribution in [2.24, 2.45) is 11.7 Å². The van der Waals surface area contributed by atoms with Gasteiger partial charge in [0.1, 0.15) is 6.10 Å². The lowest BCUT2D eigenvalue weighted by atomic mass is 9.89. The smallest absolute Gasteiger partial charge is 0.247 e. The van der Waals surface area contributed by atoms with E-state index in [9.17, 15) is 9.90 Å². The molecule has 19 heavy (non-hydrogen) atoms. The molecule has 0 heterocycles. The molecule has 112 valence electrons. The summed E-state index contributed by atoms with van der Waals surface area (Å²) in [5, 5.41) is 21.6. The SMILES string of the molecule is CC1CCCC(OCC(O)CNCC(O)C(N)=O)C1. The van der Waals surface area contributed by atoms with Crippen LogP contribution in [0.3, 0.4) is 0 Å². The van der Waals surface area contributed by atoms with Crippen molar-refractivity contribution in [3.8, 4) is 0 Å². The van der Waals surface area contributed by atoms with E-state index < -0.39 is 18.1 Å². The number of carbonyl (C=O) groups is 1. The number of nitrogens with two attached hydrogens (primary N) is 1. The van der Waals surface area contributed by atoms with Gasteiger partial charge in [0.05, 0.1) is 18.8 Å². The van der Waals surface area contributed by atoms with E-state index in [2.05, 4.69) is 12.2 Å². The Balaban J connectivity index is 2.07. The number of carbonyl (C=O) groups excluding carboxylic acids is 1. The standard InChI is InChI=1S/C13H26N2O4/c1-9-3-2-4-11(5-9)19-8-10(16)6-15-7-12(17)13(14)18/h9-12,15-17H,2-8H2,1H3,(H2,14,18). The number of ether oxygens (including phenoxy) is 1. The Hall–Kier alpha value is -0.690. The highest BCUT2D eigenvalue weighted by atomic mass is 16.5. The fourth-order valence-electron chi connectivity index (χ4n) is 2.32. The quantitative estimate of drug-likeness (QED) is 0.472. The second-order valence-corrected chi connectivity index (χ2v) is 5.46. The molecule has 0 spiro atoms. The van der Waals surface area contributed by atoms with Gasteiger partial charge in [0.25, 0.3) is 0 Å². The summed E-state index contributed by atoms with van der Waals surface area (Å²) >= 11 is 0. The van der Waals surface area contributed by atoms with Crippen molar-refractivity contribution >= 4 is 5.91 Å². The molecule has 1 saturated carbocycles. The molecule has 4 atom stereocenters. The van der Waals surface area contributed by atoms with Gasteiger partial charge in [-0.05, 0) is 18.8 Å². The van der Waals surface area contributed by atoms with Gasteiger partial charge in [-0.1, -0.05) is 19.8 Å². The highest BCUT2D eigenvalue weighted by Gasteiger charge is 2.20. The first-order valence-corrected chi connectivity index (χ1v) is 6.96. The minimum Gasteiger partial charge on any atom is -0.389 e. The van der Waals surface area contributed by atoms with Gasteiger partial charge in [-0.2, -0.15) is 0 Å². The molecule has 0 aromatic carbocycles. The maximum atomic E-state index is 10.6. The summed E-state index contributed by atoms with van der Waals surface area (Å²) in [6.45, 7) is 2.81. The molecular weight excluding hydrogens is 248 g/mol. The highest BCUT2D eigenvalue weighted by molar-refractivity contribution is 5.78. The maximum absolute atomic E-state index is 10.6. The van der Waals surface area contributed by atoms with Gasteiger partial charge in [-0.15, -0.1) is 0 Å². The van der Waals surface area contributed by atoms with Gasteiger partial charge in [0.15, 0.2) is 0 Å². The van der Waals surface area contributed by atoms with Crippen molar-refractivity contribution in [1.29, 1.82) is 0 Å². The van der Waals surface area contributed by atoms with Crippen LogP contribution in [-0.4, -0.2) is 54.1 Å². The fourth-order valence-corrected chi connectivity index (χ4v) is 2.32. The Morgan fingerprint density at radius 1 is 1.42 bits per heavy atom. The monoisotopic (exact) mass is 274 g/mol. The third-order valence-electron chi connectivity index (χ3n) is 3.46. The number of aliphatic hydroxyl groups is 2. The van der Waals surface area contributed by atoms with Crippen LogP contribution in [0.25, 0.3) is 0 Å². The second kappa shape index (κ2) is 8.47. The molecule has 1 aliphatic carbocycles. The van der Waals surface area contributed by atoms with E-state index in [1.165, 1.54) is 12.8 Å². The Bertz CT molecular complexity index is 275. The molecule has 6 nitrogen and oxygen atoms in total. The third-order valence-corrected chi connectivity index (χ3v) is 3.46. The van der Waals surface area contributed by atoms with Crippen LogP contribution in [-0.2, 0) is 9.53 Å². The number of primary amides is 1. The van der Waals surface area contributed by atoms with Crippen molar-refractivity contribution in [2.75, 3.05) is 19.7 Å². The van der Waals surface area contributed by atoms with Crippen molar-refractivity contribution in [3.63, 3.8) is 0 Å². The first-order chi connectivity index (χ1) is 8.99. The topological polar surface area (TPSA) is 105 Å². The lowest BCUT2D eigenvalue weighted by Crippen LogP contribution is -2.41. The molecule has 1 aliphatic rings. The number of hydrogen-bond acceptors (Lipinski definition) is 5. The number of nitrogens with one attached hydrogen (secondary N) is 1. The number of aliphatic hydroxyl groups excluding tert-OH is 2. The zero-order valence-corrected chi connectivity index (χ0v) is 11.5. The van der Waals surface area contributed by atoms with E-state index in [0.29, 0.717) is 5.92 Å². The highest BCUT2D eigenvalue weighted by Crippen LogP contribution is 2.25. The molecule has 0 aromatic rings. The van der Waals surface area contributed by atoms with Gasteiger partial charge in [0.2, 0.25) is 5.91 Å². The van der Waals surface area contributed by atoms with E-state index in [1.807, 2.05) is 0 Å². The first kappa shape index (κ1) is 16.4. The zero-order valence-electron chi connectivity index (χ0n) is 11.5. The minimum atomic E-state index is -1.22. The normalized spacial score (nSPS) is 26.9. The average molecular weight is 274 g/mol. The van der Waals surface area contributed by atoms with E-state index in [1.54, 1.807) is 0 Å². The van der Waals surface area contributed by atoms with Crippen molar-refractivity contribution < 1.29 is 19.7 Å². The predicted octanol–water partition coefficient (Wildman–Crippen LogP) is -0.622. The minimum absolute atomic E-state index is 0.0485. The zero-order chi connectivity index (χ0) is 14.3. The molecule has 0 radical (unpaired) electrons. The van der Waals surface area contributed by atoms with Crippen LogP contribution in [0, 0.1) is 5.92 Å². The summed E-state index contributed by atoms with van der Waals surface area (Å²) in [5.41, 5.74) is 4.91. The second-order valence-electron chi connectivity index (χ2n) is 5.46. The Morgan fingerprint density at radius 2 is 2.16 bits per heavy atom. The third kappa shape index (κ3) is 6.87. The van der Waals surface area contributed by atoms with Gasteiger partial charge in [-0.3, -0.25) is 4.79 Å². The van der Waals surface area contributed by atoms with Crippen LogP contribution in [0.5, 0.6) is 0 Å². The van der Waals surface area contributed by atoms with Crippen molar-refractivity contribution in [2.45, 2.75) is 50.9 Å². The molecule has 1 rings (SSSR count). The number of hydrogen-bond donors (Lipinski definition) is 4. The molecule has 6 heteroatoms. The number of rotatable bonds is 8. The van der Waals surface area contributed by atoms with E-state index in [-0.39, 0.29) is 25.8 Å². The largest absolute Gasteiger partial charge is 0.389 e. The van der Waals surface area contributed by atoms with E-state index in [4.69, 9.17) is 15.6 Å². The van der Waals surface area contributed by atoms with Gasteiger partial charge < -0.3 is 26.0 Å². The molecule has 0 aromatic heterocycles. The molecular formula is C13H26N2O4. The molecule has 1 amide bonds. The van der Waals surface area contributed by atoms with Crippen LogP contribution >= 0.6 is 0 Å². The van der Waals surface area contributed by atoms with Crippen LogP contribution in [0.2, 0.25) is 0 Å². The summed E-state index contributed by atoms with van der Waals surface area (Å²) in [6, 6.07) is 0. The molecule has 0 aliphatic heterocycles. The summed E-state index contributed by atoms with van der Waals surface area (Å²) in [4.78, 5) is 10.6. The summed E-state index contributed by atoms with van der Waals surface area (Å²) < 4.78 is 5.68. The Kier molecular flexibility index (Phi) is 7.30. The predicted molar refractivity (Wildman–Crippen MR) is 71.4 cm³/mol. The van der Waals surface area contributed by atoms with E-state index in [0.717, 1.165) is 12.8 Å². The molecule has 5 N–H and O–H groups in total. The average Bonchev–Trinajstić information content (AvgIpc) is 2.36. The Morgan fingerprint density at radius 3 is 2.79 bits per heavy atom. The van der Waals surface area contributed by atoms with Crippen LogP contribution < -0.4 is 11.1 Å². The van der Waals surface area contributed by atoms with Crippen molar-refractivity contribution in [1.82, 2.24) is 5.32 Å². The molecule has 1 fully saturated rings. The van der Waals surface area contributed by atoms with E-state index >= 15 is 0 Å². The molecule has 4 unspecified atom stereocenters. The van der Waals surface area contributed by atoms with Crippen LogP contribution in [0.4, 0.5) is 0 Å². The molecule has 0 saturated heterocycles. The van der Waals surface area contributed by atoms with Gasteiger partial charge >= 0.3 is 0 Å². The summed E-state index contributed by atoms with van der Waals surface area (Å²) in [6.07, 6.45) is 2.95. The van der Waals surface area contributed by atoms with Gasteiger partial charge in [0, 0.05) is 13.1 Å². The summed E-state index contributed by atoms with van der Waals surface area (Å²) in [5.74, 6) is -0.0748. The lowest BCUT2D eigenvalue weighted by molar-refractivity contribution is -0.125. The first-order valence-electron chi connectivity index (χ1n) is 6.96. The molecule has 0 bridgehead atoms. The van der Waals surface area contributed by atoms with Crippen LogP contribution in [0.1, 0.15) is 32.6 Å². The Labute approximate surface area is 114 Å². The summed E-state index contributed by atoms with van der Waals surface area (Å²) in [7, 11) is 0. The maximum Gasteiger partial charge on any atom is 0.247 e. The van der Waals surface area contributed by atoms with Crippen LogP contribution in [0.15, 0.2) is 0 Å².